The first kappa shape index (κ1) is 21.8. The third-order valence-corrected chi connectivity index (χ3v) is 6.48. The van der Waals surface area contributed by atoms with E-state index in [1.165, 1.54) is 0 Å². The molecule has 1 aliphatic carbocycles. The number of ether oxygens (including phenoxy) is 1. The SMILES string of the molecule is O=C(CC1CC=CCCCC(=O)OCC2CCCN2C1=O)NC1(CO)CCCC1. The smallest absolute Gasteiger partial charge is 0.305 e. The van der Waals surface area contributed by atoms with Gasteiger partial charge in [-0.1, -0.05) is 25.0 Å². The first-order valence-corrected chi connectivity index (χ1v) is 11.1. The average Bonchev–Trinajstić information content (AvgIpc) is 3.36. The number of allylic oxidation sites excluding steroid dienone is 2. The van der Waals surface area contributed by atoms with Crippen LogP contribution in [0.4, 0.5) is 0 Å². The standard InChI is InChI=1S/C22H34N2O5/c25-16-22(11-5-6-12-22)23-19(26)14-17-8-3-1-2-4-10-20(27)29-15-18-9-7-13-24(18)21(17)28/h1,3,17-18,25H,2,4-16H2,(H,23,26). The van der Waals surface area contributed by atoms with E-state index in [0.717, 1.165) is 51.4 Å². The van der Waals surface area contributed by atoms with E-state index in [9.17, 15) is 19.5 Å². The zero-order chi connectivity index (χ0) is 20.7. The van der Waals surface area contributed by atoms with Crippen LogP contribution in [0.25, 0.3) is 0 Å². The Kier molecular flexibility index (Phi) is 7.70. The molecule has 2 fully saturated rings. The Labute approximate surface area is 172 Å². The summed E-state index contributed by atoms with van der Waals surface area (Å²) in [6, 6.07) is -0.0969. The van der Waals surface area contributed by atoms with Gasteiger partial charge in [-0.25, -0.2) is 0 Å². The fourth-order valence-corrected chi connectivity index (χ4v) is 4.75. The number of amides is 2. The van der Waals surface area contributed by atoms with Gasteiger partial charge in [-0.15, -0.1) is 0 Å². The van der Waals surface area contributed by atoms with Gasteiger partial charge in [-0.3, -0.25) is 14.4 Å². The van der Waals surface area contributed by atoms with Crippen molar-refractivity contribution in [2.75, 3.05) is 19.8 Å². The molecule has 0 aromatic carbocycles. The number of aliphatic hydroxyl groups excluding tert-OH is 1. The third kappa shape index (κ3) is 5.81. The summed E-state index contributed by atoms with van der Waals surface area (Å²) in [6.07, 6.45) is 11.7. The zero-order valence-corrected chi connectivity index (χ0v) is 17.2. The van der Waals surface area contributed by atoms with Gasteiger partial charge in [0.05, 0.1) is 24.1 Å². The van der Waals surface area contributed by atoms with E-state index in [1.807, 2.05) is 12.2 Å². The molecule has 3 aliphatic rings. The predicted molar refractivity (Wildman–Crippen MR) is 108 cm³/mol. The van der Waals surface area contributed by atoms with Crippen molar-refractivity contribution >= 4 is 17.8 Å². The second-order valence-corrected chi connectivity index (χ2v) is 8.70. The van der Waals surface area contributed by atoms with Gasteiger partial charge in [0.25, 0.3) is 0 Å². The normalized spacial score (nSPS) is 28.1. The monoisotopic (exact) mass is 406 g/mol. The van der Waals surface area contributed by atoms with Crippen LogP contribution < -0.4 is 5.32 Å². The highest BCUT2D eigenvalue weighted by Gasteiger charge is 2.37. The number of nitrogens with one attached hydrogen (secondary N) is 1. The lowest BCUT2D eigenvalue weighted by atomic mass is 9.95. The molecular formula is C22H34N2O5. The van der Waals surface area contributed by atoms with Crippen LogP contribution in [-0.4, -0.2) is 59.1 Å². The minimum absolute atomic E-state index is 0.0351. The lowest BCUT2D eigenvalue weighted by Gasteiger charge is -2.31. The van der Waals surface area contributed by atoms with E-state index in [1.54, 1.807) is 4.90 Å². The molecule has 1 saturated carbocycles. The molecule has 7 nitrogen and oxygen atoms in total. The van der Waals surface area contributed by atoms with E-state index in [-0.39, 0.29) is 43.5 Å². The summed E-state index contributed by atoms with van der Waals surface area (Å²) in [5, 5.41) is 12.8. The maximum absolute atomic E-state index is 13.3. The first-order chi connectivity index (χ1) is 14.0. The van der Waals surface area contributed by atoms with E-state index in [4.69, 9.17) is 4.74 Å². The maximum Gasteiger partial charge on any atom is 0.305 e. The van der Waals surface area contributed by atoms with Crippen molar-refractivity contribution < 1.29 is 24.2 Å². The number of hydrogen-bond donors (Lipinski definition) is 2. The Balaban J connectivity index is 1.69. The van der Waals surface area contributed by atoms with Gasteiger partial charge in [0.1, 0.15) is 6.61 Å². The molecule has 1 saturated heterocycles. The van der Waals surface area contributed by atoms with E-state index >= 15 is 0 Å². The van der Waals surface area contributed by atoms with Crippen LogP contribution >= 0.6 is 0 Å². The van der Waals surface area contributed by atoms with Crippen LogP contribution in [0.15, 0.2) is 12.2 Å². The van der Waals surface area contributed by atoms with Gasteiger partial charge in [-0.05, 0) is 44.9 Å². The number of cyclic esters (lactones) is 1. The quantitative estimate of drug-likeness (QED) is 0.550. The lowest BCUT2D eigenvalue weighted by molar-refractivity contribution is -0.148. The Bertz CT molecular complexity index is 627. The van der Waals surface area contributed by atoms with Gasteiger partial charge in [0, 0.05) is 19.4 Å². The molecule has 29 heavy (non-hydrogen) atoms. The van der Waals surface area contributed by atoms with E-state index in [2.05, 4.69) is 5.32 Å². The summed E-state index contributed by atoms with van der Waals surface area (Å²) in [6.45, 7) is 0.824. The van der Waals surface area contributed by atoms with Crippen LogP contribution in [0.5, 0.6) is 0 Å². The summed E-state index contributed by atoms with van der Waals surface area (Å²) >= 11 is 0. The average molecular weight is 407 g/mol. The molecule has 162 valence electrons. The molecule has 0 aromatic rings. The molecule has 0 bridgehead atoms. The van der Waals surface area contributed by atoms with Crippen LogP contribution in [0.3, 0.4) is 0 Å². The molecule has 2 unspecified atom stereocenters. The van der Waals surface area contributed by atoms with Crippen molar-refractivity contribution in [3.8, 4) is 0 Å². The van der Waals surface area contributed by atoms with Gasteiger partial charge in [0.15, 0.2) is 0 Å². The Morgan fingerprint density at radius 2 is 2.00 bits per heavy atom. The highest BCUT2D eigenvalue weighted by Crippen LogP contribution is 2.30. The number of carbonyl (C=O) groups is 3. The highest BCUT2D eigenvalue weighted by atomic mass is 16.5. The lowest BCUT2D eigenvalue weighted by Crippen LogP contribution is -2.50. The van der Waals surface area contributed by atoms with E-state index in [0.29, 0.717) is 19.4 Å². The molecule has 0 aromatic heterocycles. The number of rotatable bonds is 4. The molecule has 2 heterocycles. The number of esters is 1. The molecule has 2 atom stereocenters. The molecule has 0 spiro atoms. The Morgan fingerprint density at radius 1 is 1.21 bits per heavy atom. The second-order valence-electron chi connectivity index (χ2n) is 8.70. The molecule has 2 aliphatic heterocycles. The van der Waals surface area contributed by atoms with Crippen molar-refractivity contribution in [3.63, 3.8) is 0 Å². The summed E-state index contributed by atoms with van der Waals surface area (Å²) in [4.78, 5) is 39.7. The van der Waals surface area contributed by atoms with Crippen molar-refractivity contribution in [2.24, 2.45) is 5.92 Å². The number of nitrogens with zero attached hydrogens (tertiary/aromatic N) is 1. The van der Waals surface area contributed by atoms with Crippen LogP contribution in [-0.2, 0) is 19.1 Å². The summed E-state index contributed by atoms with van der Waals surface area (Å²) in [5.74, 6) is -0.842. The second kappa shape index (κ2) is 10.2. The minimum atomic E-state index is -0.524. The largest absolute Gasteiger partial charge is 0.463 e. The molecule has 3 rings (SSSR count). The Hall–Kier alpha value is -1.89. The summed E-state index contributed by atoms with van der Waals surface area (Å²) < 4.78 is 5.39. The fraction of sp³-hybridized carbons (Fsp3) is 0.773. The van der Waals surface area contributed by atoms with Crippen molar-refractivity contribution in [1.82, 2.24) is 10.2 Å². The van der Waals surface area contributed by atoms with Gasteiger partial charge < -0.3 is 20.1 Å². The van der Waals surface area contributed by atoms with Gasteiger partial charge >= 0.3 is 5.97 Å². The van der Waals surface area contributed by atoms with Gasteiger partial charge in [0.2, 0.25) is 11.8 Å². The van der Waals surface area contributed by atoms with Crippen LogP contribution in [0.2, 0.25) is 0 Å². The van der Waals surface area contributed by atoms with E-state index < -0.39 is 11.5 Å². The third-order valence-electron chi connectivity index (χ3n) is 6.48. The topological polar surface area (TPSA) is 95.9 Å². The molecule has 7 heteroatoms. The van der Waals surface area contributed by atoms with Crippen molar-refractivity contribution in [2.45, 2.75) is 82.2 Å². The zero-order valence-electron chi connectivity index (χ0n) is 17.2. The number of hydrogen-bond acceptors (Lipinski definition) is 5. The number of carbonyl (C=O) groups excluding carboxylic acids is 3. The number of aliphatic hydroxyl groups is 1. The highest BCUT2D eigenvalue weighted by molar-refractivity contribution is 5.86. The van der Waals surface area contributed by atoms with Gasteiger partial charge in [-0.2, -0.15) is 0 Å². The van der Waals surface area contributed by atoms with Crippen LogP contribution in [0, 0.1) is 5.92 Å². The Morgan fingerprint density at radius 3 is 2.76 bits per heavy atom. The predicted octanol–water partition coefficient (Wildman–Crippen LogP) is 2.08. The molecule has 0 radical (unpaired) electrons. The minimum Gasteiger partial charge on any atom is -0.463 e. The van der Waals surface area contributed by atoms with Crippen LogP contribution in [0.1, 0.15) is 70.6 Å². The molecule has 2 amide bonds. The van der Waals surface area contributed by atoms with Crippen molar-refractivity contribution in [3.05, 3.63) is 12.2 Å². The summed E-state index contributed by atoms with van der Waals surface area (Å²) in [7, 11) is 0. The molecule has 2 N–H and O–H groups in total. The maximum atomic E-state index is 13.3. The molecular weight excluding hydrogens is 372 g/mol. The first-order valence-electron chi connectivity index (χ1n) is 11.1. The number of fused-ring (bicyclic) bond motifs is 1. The fourth-order valence-electron chi connectivity index (χ4n) is 4.75. The van der Waals surface area contributed by atoms with Crippen molar-refractivity contribution in [1.29, 1.82) is 0 Å². The summed E-state index contributed by atoms with van der Waals surface area (Å²) in [5.41, 5.74) is -0.524.